The molecule has 1 aromatic rings. The van der Waals surface area contributed by atoms with Gasteiger partial charge in [0.25, 0.3) is 0 Å². The zero-order chi connectivity index (χ0) is 12.0. The van der Waals surface area contributed by atoms with E-state index in [4.69, 9.17) is 17.3 Å². The van der Waals surface area contributed by atoms with Crippen molar-refractivity contribution in [2.24, 2.45) is 5.73 Å². The van der Waals surface area contributed by atoms with Crippen LogP contribution in [0.4, 0.5) is 4.39 Å². The van der Waals surface area contributed by atoms with E-state index < -0.39 is 5.67 Å². The van der Waals surface area contributed by atoms with E-state index in [0.29, 0.717) is 17.1 Å². The minimum atomic E-state index is -1.35. The fraction of sp³-hybridized carbons (Fsp3) is 0.538. The third-order valence-electron chi connectivity index (χ3n) is 3.47. The Labute approximate surface area is 101 Å². The number of nitrogens with two attached hydrogens (primary N) is 1. The number of alkyl halides is 1. The van der Waals surface area contributed by atoms with E-state index in [2.05, 4.69) is 0 Å². The first-order chi connectivity index (χ1) is 7.39. The molecule has 0 heterocycles. The fourth-order valence-electron chi connectivity index (χ4n) is 2.05. The summed E-state index contributed by atoms with van der Waals surface area (Å²) >= 11 is 6.22. The summed E-state index contributed by atoms with van der Waals surface area (Å²) in [6, 6.07) is 5.47. The molecule has 0 spiro atoms. The molecule has 0 unspecified atom stereocenters. The normalized spacial score (nSPS) is 18.6. The molecule has 2 N–H and O–H groups in total. The molecule has 88 valence electrons. The Balaban J connectivity index is 2.38. The van der Waals surface area contributed by atoms with Crippen LogP contribution in [0.2, 0.25) is 5.02 Å². The minimum absolute atomic E-state index is 0.0655. The van der Waals surface area contributed by atoms with Crippen molar-refractivity contribution in [3.05, 3.63) is 34.3 Å². The predicted molar refractivity (Wildman–Crippen MR) is 65.6 cm³/mol. The molecule has 0 amide bonds. The van der Waals surface area contributed by atoms with E-state index >= 15 is 0 Å². The van der Waals surface area contributed by atoms with E-state index in [1.807, 2.05) is 12.1 Å². The quantitative estimate of drug-likeness (QED) is 0.861. The van der Waals surface area contributed by atoms with Gasteiger partial charge in [-0.05, 0) is 43.9 Å². The second-order valence-electron chi connectivity index (χ2n) is 5.15. The molecule has 1 saturated carbocycles. The van der Waals surface area contributed by atoms with Gasteiger partial charge in [-0.15, -0.1) is 0 Å². The van der Waals surface area contributed by atoms with Crippen molar-refractivity contribution < 1.29 is 4.39 Å². The number of hydrogen-bond acceptors (Lipinski definition) is 1. The summed E-state index contributed by atoms with van der Waals surface area (Å²) in [5.41, 5.74) is 6.17. The van der Waals surface area contributed by atoms with Gasteiger partial charge in [-0.25, -0.2) is 4.39 Å². The monoisotopic (exact) mass is 241 g/mol. The lowest BCUT2D eigenvalue weighted by Gasteiger charge is -2.19. The zero-order valence-electron chi connectivity index (χ0n) is 9.69. The van der Waals surface area contributed by atoms with E-state index in [0.717, 1.165) is 18.4 Å². The molecule has 16 heavy (non-hydrogen) atoms. The lowest BCUT2D eigenvalue weighted by Crippen LogP contribution is -2.20. The van der Waals surface area contributed by atoms with Crippen LogP contribution in [-0.2, 0) is 11.1 Å². The minimum Gasteiger partial charge on any atom is -0.330 e. The molecule has 0 saturated heterocycles. The molecular formula is C13H17ClFN. The molecule has 1 nitrogen and oxygen atoms in total. The van der Waals surface area contributed by atoms with Gasteiger partial charge in [0, 0.05) is 17.0 Å². The average molecular weight is 242 g/mol. The van der Waals surface area contributed by atoms with Crippen LogP contribution >= 0.6 is 11.6 Å². The molecular weight excluding hydrogens is 225 g/mol. The van der Waals surface area contributed by atoms with Crippen LogP contribution in [0.3, 0.4) is 0 Å². The summed E-state index contributed by atoms with van der Waals surface area (Å²) < 4.78 is 13.7. The Morgan fingerprint density at radius 3 is 2.44 bits per heavy atom. The Kier molecular flexibility index (Phi) is 2.75. The highest BCUT2D eigenvalue weighted by Crippen LogP contribution is 2.50. The Bertz CT molecular complexity index is 405. The number of hydrogen-bond donors (Lipinski definition) is 1. The van der Waals surface area contributed by atoms with Gasteiger partial charge in [0.15, 0.2) is 0 Å². The van der Waals surface area contributed by atoms with Crippen LogP contribution in [-0.4, -0.2) is 6.54 Å². The summed E-state index contributed by atoms with van der Waals surface area (Å²) in [7, 11) is 0. The number of benzene rings is 1. The van der Waals surface area contributed by atoms with Gasteiger partial charge in [-0.1, -0.05) is 23.7 Å². The summed E-state index contributed by atoms with van der Waals surface area (Å²) in [5, 5.41) is 0.645. The third kappa shape index (κ3) is 1.96. The standard InChI is InChI=1S/C13H17ClFN/c1-12(2,15)9-3-4-10(11(14)7-9)13(8-16)5-6-13/h3-4,7H,5-6,8,16H2,1-2H3. The van der Waals surface area contributed by atoms with E-state index in [1.54, 1.807) is 6.07 Å². The Hall–Kier alpha value is -0.600. The van der Waals surface area contributed by atoms with Crippen molar-refractivity contribution in [1.82, 2.24) is 0 Å². The van der Waals surface area contributed by atoms with E-state index in [9.17, 15) is 4.39 Å². The van der Waals surface area contributed by atoms with Crippen LogP contribution in [0.5, 0.6) is 0 Å². The van der Waals surface area contributed by atoms with Gasteiger partial charge >= 0.3 is 0 Å². The molecule has 0 radical (unpaired) electrons. The first kappa shape index (κ1) is 11.9. The smallest absolute Gasteiger partial charge is 0.130 e. The second kappa shape index (κ2) is 3.71. The van der Waals surface area contributed by atoms with Gasteiger partial charge in [-0.2, -0.15) is 0 Å². The van der Waals surface area contributed by atoms with Gasteiger partial charge < -0.3 is 5.73 Å². The molecule has 1 aromatic carbocycles. The Morgan fingerprint density at radius 2 is 2.06 bits per heavy atom. The van der Waals surface area contributed by atoms with Crippen LogP contribution in [0.15, 0.2) is 18.2 Å². The summed E-state index contributed by atoms with van der Waals surface area (Å²) in [6.45, 7) is 3.69. The molecule has 2 rings (SSSR count). The van der Waals surface area contributed by atoms with Gasteiger partial charge in [-0.3, -0.25) is 0 Å². The van der Waals surface area contributed by atoms with Crippen LogP contribution in [0, 0.1) is 0 Å². The number of rotatable bonds is 3. The molecule has 3 heteroatoms. The molecule has 1 fully saturated rings. The van der Waals surface area contributed by atoms with Gasteiger partial charge in [0.1, 0.15) is 5.67 Å². The highest BCUT2D eigenvalue weighted by molar-refractivity contribution is 6.31. The topological polar surface area (TPSA) is 26.0 Å². The van der Waals surface area contributed by atoms with Crippen molar-refractivity contribution in [3.63, 3.8) is 0 Å². The lowest BCUT2D eigenvalue weighted by molar-refractivity contribution is 0.221. The van der Waals surface area contributed by atoms with E-state index in [1.165, 1.54) is 13.8 Å². The second-order valence-corrected chi connectivity index (χ2v) is 5.56. The molecule has 0 bridgehead atoms. The van der Waals surface area contributed by atoms with Crippen LogP contribution in [0.1, 0.15) is 37.8 Å². The van der Waals surface area contributed by atoms with Crippen molar-refractivity contribution >= 4 is 11.6 Å². The summed E-state index contributed by atoms with van der Waals surface area (Å²) in [5.74, 6) is 0. The summed E-state index contributed by atoms with van der Waals surface area (Å²) in [4.78, 5) is 0. The van der Waals surface area contributed by atoms with E-state index in [-0.39, 0.29) is 5.41 Å². The molecule has 0 aliphatic heterocycles. The maximum absolute atomic E-state index is 13.7. The first-order valence-electron chi connectivity index (χ1n) is 5.58. The zero-order valence-corrected chi connectivity index (χ0v) is 10.4. The first-order valence-corrected chi connectivity index (χ1v) is 5.96. The fourth-order valence-corrected chi connectivity index (χ4v) is 2.43. The lowest BCUT2D eigenvalue weighted by atomic mass is 9.92. The van der Waals surface area contributed by atoms with Crippen molar-refractivity contribution in [3.8, 4) is 0 Å². The maximum atomic E-state index is 13.7. The molecule has 1 aliphatic rings. The predicted octanol–water partition coefficient (Wildman–Crippen LogP) is 3.53. The van der Waals surface area contributed by atoms with Crippen LogP contribution in [0.25, 0.3) is 0 Å². The highest BCUT2D eigenvalue weighted by atomic mass is 35.5. The van der Waals surface area contributed by atoms with Crippen molar-refractivity contribution in [2.45, 2.75) is 37.8 Å². The Morgan fingerprint density at radius 1 is 1.44 bits per heavy atom. The number of halogens is 2. The summed E-state index contributed by atoms with van der Waals surface area (Å²) in [6.07, 6.45) is 2.17. The van der Waals surface area contributed by atoms with Crippen LogP contribution < -0.4 is 5.73 Å². The van der Waals surface area contributed by atoms with Gasteiger partial charge in [0.05, 0.1) is 0 Å². The average Bonchev–Trinajstić information content (AvgIpc) is 2.97. The van der Waals surface area contributed by atoms with Crippen molar-refractivity contribution in [1.29, 1.82) is 0 Å². The third-order valence-corrected chi connectivity index (χ3v) is 3.78. The largest absolute Gasteiger partial charge is 0.330 e. The maximum Gasteiger partial charge on any atom is 0.130 e. The van der Waals surface area contributed by atoms with Crippen molar-refractivity contribution in [2.75, 3.05) is 6.54 Å². The molecule has 1 aliphatic carbocycles. The SMILES string of the molecule is CC(C)(F)c1ccc(C2(CN)CC2)c(Cl)c1. The highest BCUT2D eigenvalue weighted by Gasteiger charge is 2.44. The molecule has 0 atom stereocenters. The molecule has 0 aromatic heterocycles. The van der Waals surface area contributed by atoms with Gasteiger partial charge in [0.2, 0.25) is 0 Å².